The maximum absolute atomic E-state index is 10.8. The van der Waals surface area contributed by atoms with E-state index in [2.05, 4.69) is 0 Å². The minimum absolute atomic E-state index is 0.0722. The second-order valence-corrected chi connectivity index (χ2v) is 3.16. The number of phenolic OH excluding ortho intramolecular Hbond substituents is 1. The van der Waals surface area contributed by atoms with E-state index < -0.39 is 5.97 Å². The molecule has 1 aromatic rings. The number of hydrogen-bond acceptors (Lipinski definition) is 2. The Hall–Kier alpha value is -1.51. The summed E-state index contributed by atoms with van der Waals surface area (Å²) in [4.78, 5) is 10.8. The van der Waals surface area contributed by atoms with Crippen molar-refractivity contribution in [3.8, 4) is 5.75 Å². The molecule has 0 spiro atoms. The monoisotopic (exact) mass is 210 g/mol. The van der Waals surface area contributed by atoms with Gasteiger partial charge in [-0.1, -0.05) is 19.9 Å². The topological polar surface area (TPSA) is 57.5 Å². The Bertz CT molecular complexity index is 368. The molecular weight excluding hydrogens is 192 g/mol. The molecular formula is C12H18O3. The van der Waals surface area contributed by atoms with Gasteiger partial charge in [0.25, 0.3) is 0 Å². The first-order chi connectivity index (χ1) is 6.95. The SMILES string of the molecule is CC.Cc1cc(C)c(C(=O)O)c(C)c1O. The van der Waals surface area contributed by atoms with E-state index in [4.69, 9.17) is 5.11 Å². The number of aromatic carboxylic acids is 1. The van der Waals surface area contributed by atoms with Crippen LogP contribution in [0.15, 0.2) is 6.07 Å². The number of phenols is 1. The first-order valence-electron chi connectivity index (χ1n) is 4.98. The van der Waals surface area contributed by atoms with Gasteiger partial charge in [-0.25, -0.2) is 4.79 Å². The Kier molecular flexibility index (Phi) is 4.85. The van der Waals surface area contributed by atoms with E-state index in [1.807, 2.05) is 13.8 Å². The van der Waals surface area contributed by atoms with Gasteiger partial charge in [0.15, 0.2) is 0 Å². The highest BCUT2D eigenvalue weighted by Gasteiger charge is 2.15. The first kappa shape index (κ1) is 13.5. The first-order valence-corrected chi connectivity index (χ1v) is 4.98. The number of carbonyl (C=O) groups is 1. The summed E-state index contributed by atoms with van der Waals surface area (Å²) in [7, 11) is 0. The molecule has 0 unspecified atom stereocenters. The fourth-order valence-electron chi connectivity index (χ4n) is 1.50. The molecule has 0 aliphatic carbocycles. The average Bonchev–Trinajstić information content (AvgIpc) is 2.17. The molecule has 0 aliphatic heterocycles. The second-order valence-electron chi connectivity index (χ2n) is 3.16. The third-order valence-corrected chi connectivity index (χ3v) is 2.14. The maximum atomic E-state index is 10.8. The Morgan fingerprint density at radius 1 is 1.13 bits per heavy atom. The lowest BCUT2D eigenvalue weighted by molar-refractivity contribution is 0.0695. The van der Waals surface area contributed by atoms with Crippen LogP contribution in [0.25, 0.3) is 0 Å². The fourth-order valence-corrected chi connectivity index (χ4v) is 1.50. The summed E-state index contributed by atoms with van der Waals surface area (Å²) >= 11 is 0. The van der Waals surface area contributed by atoms with Gasteiger partial charge in [-0.2, -0.15) is 0 Å². The maximum Gasteiger partial charge on any atom is 0.336 e. The molecule has 0 bridgehead atoms. The van der Waals surface area contributed by atoms with E-state index in [1.165, 1.54) is 0 Å². The van der Waals surface area contributed by atoms with Gasteiger partial charge in [0.1, 0.15) is 5.75 Å². The smallest absolute Gasteiger partial charge is 0.336 e. The Morgan fingerprint density at radius 3 is 2.00 bits per heavy atom. The molecule has 0 amide bonds. The Balaban J connectivity index is 0.000000921. The van der Waals surface area contributed by atoms with Gasteiger partial charge in [-0.3, -0.25) is 0 Å². The lowest BCUT2D eigenvalue weighted by atomic mass is 9.99. The summed E-state index contributed by atoms with van der Waals surface area (Å²) in [6.07, 6.45) is 0. The molecule has 3 heteroatoms. The van der Waals surface area contributed by atoms with Crippen LogP contribution in [0.3, 0.4) is 0 Å². The lowest BCUT2D eigenvalue weighted by Gasteiger charge is -2.09. The molecule has 15 heavy (non-hydrogen) atoms. The van der Waals surface area contributed by atoms with E-state index in [0.29, 0.717) is 16.7 Å². The summed E-state index contributed by atoms with van der Waals surface area (Å²) in [5.41, 5.74) is 2.02. The zero-order valence-electron chi connectivity index (χ0n) is 9.88. The van der Waals surface area contributed by atoms with Crippen LogP contribution in [0.1, 0.15) is 40.9 Å². The quantitative estimate of drug-likeness (QED) is 0.749. The van der Waals surface area contributed by atoms with Gasteiger partial charge >= 0.3 is 5.97 Å². The third-order valence-electron chi connectivity index (χ3n) is 2.14. The molecule has 84 valence electrons. The van der Waals surface area contributed by atoms with Crippen LogP contribution < -0.4 is 0 Å². The van der Waals surface area contributed by atoms with E-state index in [0.717, 1.165) is 0 Å². The van der Waals surface area contributed by atoms with E-state index in [9.17, 15) is 9.90 Å². The molecule has 0 saturated heterocycles. The van der Waals surface area contributed by atoms with Crippen LogP contribution in [0.2, 0.25) is 0 Å². The molecule has 0 atom stereocenters. The van der Waals surface area contributed by atoms with E-state index >= 15 is 0 Å². The minimum atomic E-state index is -0.995. The molecule has 0 aliphatic rings. The molecule has 1 rings (SSSR count). The molecule has 0 saturated carbocycles. The zero-order chi connectivity index (χ0) is 12.2. The van der Waals surface area contributed by atoms with Crippen molar-refractivity contribution in [2.45, 2.75) is 34.6 Å². The second kappa shape index (κ2) is 5.39. The Labute approximate surface area is 90.4 Å². The molecule has 0 aromatic heterocycles. The molecule has 3 nitrogen and oxygen atoms in total. The van der Waals surface area contributed by atoms with Gasteiger partial charge in [0, 0.05) is 5.56 Å². The van der Waals surface area contributed by atoms with Crippen molar-refractivity contribution in [1.29, 1.82) is 0 Å². The number of benzene rings is 1. The lowest BCUT2D eigenvalue weighted by Crippen LogP contribution is -2.03. The molecule has 2 N–H and O–H groups in total. The molecule has 0 heterocycles. The van der Waals surface area contributed by atoms with E-state index in [1.54, 1.807) is 26.8 Å². The highest BCUT2D eigenvalue weighted by atomic mass is 16.4. The van der Waals surface area contributed by atoms with Crippen molar-refractivity contribution in [1.82, 2.24) is 0 Å². The van der Waals surface area contributed by atoms with Crippen LogP contribution in [0, 0.1) is 20.8 Å². The molecule has 0 radical (unpaired) electrons. The highest BCUT2D eigenvalue weighted by molar-refractivity contribution is 5.92. The van der Waals surface area contributed by atoms with Crippen LogP contribution in [0.5, 0.6) is 5.75 Å². The number of aryl methyl sites for hydroxylation is 2. The zero-order valence-corrected chi connectivity index (χ0v) is 9.88. The standard InChI is InChI=1S/C10H12O3.C2H6/c1-5-4-6(2)9(11)7(3)8(5)10(12)13;1-2/h4,11H,1-3H3,(H,12,13);1-2H3. The normalized spacial score (nSPS) is 9.13. The van der Waals surface area contributed by atoms with Crippen LogP contribution in [-0.4, -0.2) is 16.2 Å². The third kappa shape index (κ3) is 2.72. The predicted molar refractivity (Wildman–Crippen MR) is 60.6 cm³/mol. The predicted octanol–water partition coefficient (Wildman–Crippen LogP) is 3.04. The highest BCUT2D eigenvalue weighted by Crippen LogP contribution is 2.27. The van der Waals surface area contributed by atoms with Crippen LogP contribution >= 0.6 is 0 Å². The summed E-state index contributed by atoms with van der Waals surface area (Å²) in [5, 5.41) is 18.3. The van der Waals surface area contributed by atoms with Gasteiger partial charge in [-0.05, 0) is 31.9 Å². The van der Waals surface area contributed by atoms with Crippen LogP contribution in [-0.2, 0) is 0 Å². The van der Waals surface area contributed by atoms with Crippen molar-refractivity contribution in [2.75, 3.05) is 0 Å². The van der Waals surface area contributed by atoms with Gasteiger partial charge in [-0.15, -0.1) is 0 Å². The number of carboxylic acid groups (broad SMARTS) is 1. The number of rotatable bonds is 1. The van der Waals surface area contributed by atoms with Crippen molar-refractivity contribution >= 4 is 5.97 Å². The number of carboxylic acids is 1. The van der Waals surface area contributed by atoms with Crippen molar-refractivity contribution < 1.29 is 15.0 Å². The van der Waals surface area contributed by atoms with Gasteiger partial charge < -0.3 is 10.2 Å². The minimum Gasteiger partial charge on any atom is -0.507 e. The van der Waals surface area contributed by atoms with Gasteiger partial charge in [0.2, 0.25) is 0 Å². The Morgan fingerprint density at radius 2 is 1.60 bits per heavy atom. The van der Waals surface area contributed by atoms with E-state index in [-0.39, 0.29) is 11.3 Å². The largest absolute Gasteiger partial charge is 0.507 e. The fraction of sp³-hybridized carbons (Fsp3) is 0.417. The average molecular weight is 210 g/mol. The number of aromatic hydroxyl groups is 1. The summed E-state index contributed by atoms with van der Waals surface area (Å²) in [6.45, 7) is 9.09. The summed E-state index contributed by atoms with van der Waals surface area (Å²) in [5.74, 6) is -0.923. The summed E-state index contributed by atoms with van der Waals surface area (Å²) in [6, 6.07) is 1.67. The molecule has 1 aromatic carbocycles. The van der Waals surface area contributed by atoms with Crippen molar-refractivity contribution in [3.05, 3.63) is 28.3 Å². The van der Waals surface area contributed by atoms with Gasteiger partial charge in [0.05, 0.1) is 5.56 Å². The molecule has 0 fully saturated rings. The van der Waals surface area contributed by atoms with Crippen molar-refractivity contribution in [2.24, 2.45) is 0 Å². The number of hydrogen-bond donors (Lipinski definition) is 2. The van der Waals surface area contributed by atoms with Crippen LogP contribution in [0.4, 0.5) is 0 Å². The summed E-state index contributed by atoms with van der Waals surface area (Å²) < 4.78 is 0. The van der Waals surface area contributed by atoms with Crippen molar-refractivity contribution in [3.63, 3.8) is 0 Å².